The average Bonchev–Trinajstić information content (AvgIpc) is 2.99. The van der Waals surface area contributed by atoms with E-state index in [2.05, 4.69) is 39.8 Å². The van der Waals surface area contributed by atoms with Gasteiger partial charge >= 0.3 is 37.9 Å². The molecule has 4 atom stereocenters. The van der Waals surface area contributed by atoms with Gasteiger partial charge in [-0.2, -0.15) is 24.7 Å². The maximum absolute atomic E-state index is 4.93. The third kappa shape index (κ3) is 2.95. The fourth-order valence-corrected chi connectivity index (χ4v) is 10.8. The molecule has 0 N–H and O–H groups in total. The van der Waals surface area contributed by atoms with Gasteiger partial charge in [-0.15, -0.1) is 0 Å². The van der Waals surface area contributed by atoms with Gasteiger partial charge in [-0.3, -0.25) is 0 Å². The molecule has 108 valence electrons. The predicted octanol–water partition coefficient (Wildman–Crippen LogP) is 6.08. The molecule has 0 nitrogen and oxygen atoms in total. The molecule has 0 radical (unpaired) electrons. The van der Waals surface area contributed by atoms with Crippen molar-refractivity contribution in [1.82, 2.24) is 0 Å². The van der Waals surface area contributed by atoms with Crippen molar-refractivity contribution >= 4 is 25.1 Å². The molecule has 2 aliphatic carbocycles. The molecule has 0 spiro atoms. The van der Waals surface area contributed by atoms with E-state index in [9.17, 15) is 0 Å². The molecule has 3 aliphatic rings. The molecule has 1 heterocycles. The molecule has 0 aromatic heterocycles. The Hall–Kier alpha value is 1.68. The number of hydrogen-bond donors (Lipinski definition) is 0. The molecule has 2 saturated carbocycles. The zero-order valence-electron chi connectivity index (χ0n) is 12.5. The van der Waals surface area contributed by atoms with Crippen LogP contribution in [0.3, 0.4) is 0 Å². The molecule has 3 rings (SSSR count). The second kappa shape index (κ2) is 6.43. The topological polar surface area (TPSA) is 0 Å². The van der Waals surface area contributed by atoms with Gasteiger partial charge in [0, 0.05) is 8.07 Å². The average molecular weight is 397 g/mol. The Kier molecular flexibility index (Phi) is 5.77. The summed E-state index contributed by atoms with van der Waals surface area (Å²) in [6, 6.07) is 0. The van der Waals surface area contributed by atoms with Crippen molar-refractivity contribution in [2.45, 2.75) is 63.7 Å². The van der Waals surface area contributed by atoms with Gasteiger partial charge in [0.25, 0.3) is 0 Å². The molecular weight excluding hydrogens is 370 g/mol. The van der Waals surface area contributed by atoms with E-state index in [1.165, 1.54) is 25.7 Å². The zero-order valence-corrected chi connectivity index (χ0v) is 17.5. The molecule has 1 saturated heterocycles. The van der Waals surface area contributed by atoms with E-state index in [1.807, 2.05) is 0 Å². The van der Waals surface area contributed by atoms with Crippen LogP contribution < -0.4 is 0 Å². The van der Waals surface area contributed by atoms with Crippen LogP contribution in [0.2, 0.25) is 24.2 Å². The van der Waals surface area contributed by atoms with Crippen LogP contribution in [0.1, 0.15) is 39.5 Å². The SMILES string of the molecule is CC1(C)C2[CH-]CCC2[Si](C)(C)C2CC[CH-]C21.[Cl][Zr+2][Cl]. The standard InChI is InChI=1S/C15H26Si.2ClH.Zr/c1-15(2)11-7-5-9-13(11)16(3,4)14-10-6-8-12(14)15;;;/h7-8,11-14H,5-6,9-10H2,1-4H3;2*1H;/q-2;;;+4/p-2. The van der Waals surface area contributed by atoms with Gasteiger partial charge in [0.05, 0.1) is 0 Å². The van der Waals surface area contributed by atoms with E-state index in [0.717, 1.165) is 22.9 Å². The number of rotatable bonds is 0. The van der Waals surface area contributed by atoms with Crippen LogP contribution in [-0.2, 0) is 20.8 Å². The molecule has 1 aliphatic heterocycles. The Bertz CT molecular complexity index is 265. The predicted molar refractivity (Wildman–Crippen MR) is 84.5 cm³/mol. The monoisotopic (exact) mass is 394 g/mol. The second-order valence-electron chi connectivity index (χ2n) is 7.60. The minimum absolute atomic E-state index is 0.560. The number of fused-ring (bicyclic) bond motifs is 2. The molecule has 4 unspecified atom stereocenters. The van der Waals surface area contributed by atoms with Crippen molar-refractivity contribution < 1.29 is 20.8 Å². The second-order valence-corrected chi connectivity index (χ2v) is 16.5. The van der Waals surface area contributed by atoms with Crippen molar-refractivity contribution in [3.05, 3.63) is 12.8 Å². The number of halogens is 2. The summed E-state index contributed by atoms with van der Waals surface area (Å²) in [4.78, 5) is 0. The Labute approximate surface area is 139 Å². The summed E-state index contributed by atoms with van der Waals surface area (Å²) in [6.45, 7) is 10.5. The van der Waals surface area contributed by atoms with Crippen LogP contribution >= 0.6 is 17.0 Å². The van der Waals surface area contributed by atoms with Crippen molar-refractivity contribution in [2.75, 3.05) is 0 Å². The molecule has 3 fully saturated rings. The van der Waals surface area contributed by atoms with Crippen LogP contribution in [0.5, 0.6) is 0 Å². The van der Waals surface area contributed by atoms with Gasteiger partial charge in [-0.25, -0.2) is 0 Å². The summed E-state index contributed by atoms with van der Waals surface area (Å²) >= 11 is -0.826. The fourth-order valence-electron chi connectivity index (χ4n) is 5.41. The van der Waals surface area contributed by atoms with E-state index in [-0.39, 0.29) is 0 Å². The summed E-state index contributed by atoms with van der Waals surface area (Å²) in [5, 5.41) is 0. The zero-order chi connectivity index (χ0) is 14.3. The van der Waals surface area contributed by atoms with Crippen molar-refractivity contribution in [3.63, 3.8) is 0 Å². The first-order valence-electron chi connectivity index (χ1n) is 7.50. The van der Waals surface area contributed by atoms with E-state index >= 15 is 0 Å². The quantitative estimate of drug-likeness (QED) is 0.344. The van der Waals surface area contributed by atoms with Gasteiger partial charge in [-0.05, 0) is 0 Å². The molecular formula is C15H26Cl2SiZr. The molecule has 4 heteroatoms. The fraction of sp³-hybridized carbons (Fsp3) is 0.867. The summed E-state index contributed by atoms with van der Waals surface area (Å²) in [6.07, 6.45) is 11.2. The van der Waals surface area contributed by atoms with E-state index in [4.69, 9.17) is 17.0 Å². The molecule has 0 aromatic rings. The normalized spacial score (nSPS) is 41.6. The molecule has 0 bridgehead atoms. The third-order valence-corrected chi connectivity index (χ3v) is 11.4. The van der Waals surface area contributed by atoms with Gasteiger partial charge in [-0.1, -0.05) is 56.3 Å². The van der Waals surface area contributed by atoms with Gasteiger partial charge in [0.1, 0.15) is 0 Å². The van der Waals surface area contributed by atoms with Crippen LogP contribution in [-0.4, -0.2) is 8.07 Å². The Balaban J connectivity index is 0.000000408. The van der Waals surface area contributed by atoms with Crippen LogP contribution in [0.25, 0.3) is 0 Å². The molecule has 19 heavy (non-hydrogen) atoms. The van der Waals surface area contributed by atoms with Crippen LogP contribution in [0.4, 0.5) is 0 Å². The summed E-state index contributed by atoms with van der Waals surface area (Å²) in [5.41, 5.74) is 2.75. The van der Waals surface area contributed by atoms with Crippen molar-refractivity contribution in [3.8, 4) is 0 Å². The minimum atomic E-state index is -1.00. The first kappa shape index (κ1) is 17.0. The van der Waals surface area contributed by atoms with E-state index in [0.29, 0.717) is 5.41 Å². The summed E-state index contributed by atoms with van der Waals surface area (Å²) < 4.78 is 0. The summed E-state index contributed by atoms with van der Waals surface area (Å²) in [7, 11) is 8.87. The maximum atomic E-state index is 4.93. The van der Waals surface area contributed by atoms with E-state index < -0.39 is 28.9 Å². The molecule has 0 aromatic carbocycles. The van der Waals surface area contributed by atoms with Gasteiger partial charge in [0.2, 0.25) is 0 Å². The molecule has 0 amide bonds. The summed E-state index contributed by atoms with van der Waals surface area (Å²) in [5.74, 6) is 1.87. The van der Waals surface area contributed by atoms with Crippen molar-refractivity contribution in [2.24, 2.45) is 17.3 Å². The third-order valence-electron chi connectivity index (χ3n) is 6.29. The van der Waals surface area contributed by atoms with Crippen molar-refractivity contribution in [1.29, 1.82) is 0 Å². The van der Waals surface area contributed by atoms with E-state index in [1.54, 1.807) is 0 Å². The Morgan fingerprint density at radius 1 is 1.00 bits per heavy atom. The van der Waals surface area contributed by atoms with Gasteiger partial charge < -0.3 is 12.8 Å². The first-order chi connectivity index (χ1) is 8.87. The first-order valence-corrected chi connectivity index (χ1v) is 17.0. The Morgan fingerprint density at radius 2 is 1.37 bits per heavy atom. The van der Waals surface area contributed by atoms with Crippen LogP contribution in [0.15, 0.2) is 0 Å². The number of hydrogen-bond acceptors (Lipinski definition) is 0. The Morgan fingerprint density at radius 3 is 1.74 bits per heavy atom. The van der Waals surface area contributed by atoms with Crippen LogP contribution in [0, 0.1) is 30.1 Å². The van der Waals surface area contributed by atoms with Gasteiger partial charge in [0.15, 0.2) is 0 Å².